The van der Waals surface area contributed by atoms with Crippen molar-refractivity contribution in [2.24, 2.45) is 5.92 Å². The highest BCUT2D eigenvalue weighted by molar-refractivity contribution is 7.80. The summed E-state index contributed by atoms with van der Waals surface area (Å²) in [6, 6.07) is 1.12. The first-order chi connectivity index (χ1) is 8.00. The third-order valence-electron chi connectivity index (χ3n) is 3.39. The molecule has 1 N–H and O–H groups in total. The van der Waals surface area contributed by atoms with E-state index in [0.29, 0.717) is 12.1 Å². The zero-order valence-electron chi connectivity index (χ0n) is 11.8. The van der Waals surface area contributed by atoms with Gasteiger partial charge in [-0.15, -0.1) is 0 Å². The number of hydrogen-bond acceptors (Lipinski definition) is 1. The van der Waals surface area contributed by atoms with E-state index in [0.717, 1.165) is 17.6 Å². The van der Waals surface area contributed by atoms with Gasteiger partial charge in [0, 0.05) is 18.6 Å². The highest BCUT2D eigenvalue weighted by Crippen LogP contribution is 2.24. The smallest absolute Gasteiger partial charge is 0.169 e. The third kappa shape index (κ3) is 5.24. The molecule has 0 bridgehead atoms. The molecule has 1 aliphatic rings. The average Bonchev–Trinajstić information content (AvgIpc) is 2.69. The van der Waals surface area contributed by atoms with Crippen LogP contribution < -0.4 is 5.32 Å². The second-order valence-electron chi connectivity index (χ2n) is 5.92. The monoisotopic (exact) mass is 256 g/mol. The Bertz CT molecular complexity index is 232. The molecule has 1 fully saturated rings. The predicted molar refractivity (Wildman–Crippen MR) is 79.3 cm³/mol. The molecular weight excluding hydrogens is 228 g/mol. The highest BCUT2D eigenvalue weighted by atomic mass is 32.1. The Kier molecular flexibility index (Phi) is 6.24. The van der Waals surface area contributed by atoms with Crippen LogP contribution in [0.5, 0.6) is 0 Å². The third-order valence-corrected chi connectivity index (χ3v) is 3.74. The molecule has 0 aromatic heterocycles. The Labute approximate surface area is 112 Å². The Hall–Kier alpha value is -0.310. The molecule has 2 nitrogen and oxygen atoms in total. The van der Waals surface area contributed by atoms with E-state index in [4.69, 9.17) is 12.2 Å². The van der Waals surface area contributed by atoms with E-state index < -0.39 is 0 Å². The van der Waals surface area contributed by atoms with Crippen LogP contribution in [0.1, 0.15) is 59.8 Å². The summed E-state index contributed by atoms with van der Waals surface area (Å²) in [4.78, 5) is 2.45. The SMILES string of the molecule is CC(C)CCN(C(=S)NC(C)C)C1CCCC1. The summed E-state index contributed by atoms with van der Waals surface area (Å²) in [6.45, 7) is 9.99. The van der Waals surface area contributed by atoms with Gasteiger partial charge < -0.3 is 10.2 Å². The Morgan fingerprint density at radius 1 is 1.24 bits per heavy atom. The van der Waals surface area contributed by atoms with E-state index in [-0.39, 0.29) is 0 Å². The molecule has 0 unspecified atom stereocenters. The molecule has 1 aliphatic carbocycles. The predicted octanol–water partition coefficient (Wildman–Crippen LogP) is 3.56. The molecule has 100 valence electrons. The van der Waals surface area contributed by atoms with Gasteiger partial charge >= 0.3 is 0 Å². The van der Waals surface area contributed by atoms with Crippen molar-refractivity contribution < 1.29 is 0 Å². The molecule has 0 heterocycles. The van der Waals surface area contributed by atoms with Crippen LogP contribution in [0.4, 0.5) is 0 Å². The van der Waals surface area contributed by atoms with Crippen LogP contribution in [0.2, 0.25) is 0 Å². The number of hydrogen-bond donors (Lipinski definition) is 1. The summed E-state index contributed by atoms with van der Waals surface area (Å²) in [5.41, 5.74) is 0. The summed E-state index contributed by atoms with van der Waals surface area (Å²) in [5, 5.41) is 4.37. The van der Waals surface area contributed by atoms with Crippen LogP contribution in [0.3, 0.4) is 0 Å². The van der Waals surface area contributed by atoms with Gasteiger partial charge in [0.2, 0.25) is 0 Å². The van der Waals surface area contributed by atoms with Crippen LogP contribution >= 0.6 is 12.2 Å². The first-order valence-corrected chi connectivity index (χ1v) is 7.48. The fourth-order valence-corrected chi connectivity index (χ4v) is 2.87. The van der Waals surface area contributed by atoms with Gasteiger partial charge in [0.15, 0.2) is 5.11 Å². The minimum atomic E-state index is 0.436. The van der Waals surface area contributed by atoms with Gasteiger partial charge in [-0.25, -0.2) is 0 Å². The number of nitrogens with one attached hydrogen (secondary N) is 1. The molecular formula is C14H28N2S. The summed E-state index contributed by atoms with van der Waals surface area (Å²) >= 11 is 5.56. The van der Waals surface area contributed by atoms with Gasteiger partial charge in [0.05, 0.1) is 0 Å². The van der Waals surface area contributed by atoms with Gasteiger partial charge in [0.1, 0.15) is 0 Å². The standard InChI is InChI=1S/C14H28N2S/c1-11(2)9-10-16(13-7-5-6-8-13)14(17)15-12(3)4/h11-13H,5-10H2,1-4H3,(H,15,17). The van der Waals surface area contributed by atoms with Crippen molar-refractivity contribution in [2.75, 3.05) is 6.54 Å². The van der Waals surface area contributed by atoms with Gasteiger partial charge in [0.25, 0.3) is 0 Å². The zero-order valence-corrected chi connectivity index (χ0v) is 12.6. The quantitative estimate of drug-likeness (QED) is 0.757. The second kappa shape index (κ2) is 7.20. The molecule has 0 saturated heterocycles. The van der Waals surface area contributed by atoms with Crippen molar-refractivity contribution in [3.63, 3.8) is 0 Å². The van der Waals surface area contributed by atoms with Crippen LogP contribution in [0.15, 0.2) is 0 Å². The molecule has 0 amide bonds. The maximum atomic E-state index is 5.56. The van der Waals surface area contributed by atoms with Crippen LogP contribution in [-0.2, 0) is 0 Å². The minimum Gasteiger partial charge on any atom is -0.360 e. The summed E-state index contributed by atoms with van der Waals surface area (Å²) in [6.07, 6.45) is 6.60. The molecule has 17 heavy (non-hydrogen) atoms. The molecule has 3 heteroatoms. The summed E-state index contributed by atoms with van der Waals surface area (Å²) in [5.74, 6) is 0.751. The van der Waals surface area contributed by atoms with E-state index in [9.17, 15) is 0 Å². The molecule has 0 aromatic rings. The fourth-order valence-electron chi connectivity index (χ4n) is 2.39. The fraction of sp³-hybridized carbons (Fsp3) is 0.929. The maximum absolute atomic E-state index is 5.56. The lowest BCUT2D eigenvalue weighted by Gasteiger charge is -2.33. The lowest BCUT2D eigenvalue weighted by molar-refractivity contribution is 0.290. The van der Waals surface area contributed by atoms with Gasteiger partial charge in [-0.1, -0.05) is 26.7 Å². The normalized spacial score (nSPS) is 16.8. The molecule has 1 rings (SSSR count). The van der Waals surface area contributed by atoms with Crippen molar-refractivity contribution >= 4 is 17.3 Å². The van der Waals surface area contributed by atoms with Gasteiger partial charge in [-0.3, -0.25) is 0 Å². The number of nitrogens with zero attached hydrogens (tertiary/aromatic N) is 1. The highest BCUT2D eigenvalue weighted by Gasteiger charge is 2.24. The molecule has 0 radical (unpaired) electrons. The maximum Gasteiger partial charge on any atom is 0.169 e. The van der Waals surface area contributed by atoms with E-state index in [1.54, 1.807) is 0 Å². The van der Waals surface area contributed by atoms with E-state index in [2.05, 4.69) is 37.9 Å². The van der Waals surface area contributed by atoms with Gasteiger partial charge in [-0.05, 0) is 51.2 Å². The number of thiocarbonyl (C=S) groups is 1. The molecule has 1 saturated carbocycles. The molecule has 0 aliphatic heterocycles. The van der Waals surface area contributed by atoms with Crippen molar-refractivity contribution in [1.82, 2.24) is 10.2 Å². The first kappa shape index (κ1) is 14.7. The second-order valence-corrected chi connectivity index (χ2v) is 6.31. The van der Waals surface area contributed by atoms with E-state index in [1.807, 2.05) is 0 Å². The largest absolute Gasteiger partial charge is 0.360 e. The summed E-state index contributed by atoms with van der Waals surface area (Å²) in [7, 11) is 0. The number of rotatable bonds is 5. The lowest BCUT2D eigenvalue weighted by Crippen LogP contribution is -2.47. The Balaban J connectivity index is 2.53. The molecule has 0 aromatic carbocycles. The zero-order chi connectivity index (χ0) is 12.8. The van der Waals surface area contributed by atoms with Gasteiger partial charge in [-0.2, -0.15) is 0 Å². The lowest BCUT2D eigenvalue weighted by atomic mass is 10.1. The van der Waals surface area contributed by atoms with Crippen molar-refractivity contribution in [2.45, 2.75) is 71.9 Å². The molecule has 0 spiro atoms. The van der Waals surface area contributed by atoms with Crippen LogP contribution in [0.25, 0.3) is 0 Å². The minimum absolute atomic E-state index is 0.436. The van der Waals surface area contributed by atoms with Crippen molar-refractivity contribution in [1.29, 1.82) is 0 Å². The Morgan fingerprint density at radius 2 is 1.82 bits per heavy atom. The van der Waals surface area contributed by atoms with Crippen LogP contribution in [0, 0.1) is 5.92 Å². The van der Waals surface area contributed by atoms with E-state index >= 15 is 0 Å². The average molecular weight is 256 g/mol. The topological polar surface area (TPSA) is 15.3 Å². The summed E-state index contributed by atoms with van der Waals surface area (Å²) < 4.78 is 0. The Morgan fingerprint density at radius 3 is 2.29 bits per heavy atom. The van der Waals surface area contributed by atoms with E-state index in [1.165, 1.54) is 32.1 Å². The van der Waals surface area contributed by atoms with Crippen molar-refractivity contribution in [3.8, 4) is 0 Å². The van der Waals surface area contributed by atoms with Crippen LogP contribution in [-0.4, -0.2) is 28.6 Å². The van der Waals surface area contributed by atoms with Crippen molar-refractivity contribution in [3.05, 3.63) is 0 Å². The first-order valence-electron chi connectivity index (χ1n) is 7.07. The molecule has 0 atom stereocenters.